The third-order valence-electron chi connectivity index (χ3n) is 3.97. The molecule has 9 heteroatoms. The van der Waals surface area contributed by atoms with Crippen molar-refractivity contribution in [3.63, 3.8) is 0 Å². The first-order valence-electron chi connectivity index (χ1n) is 8.13. The molecule has 0 unspecified atom stereocenters. The van der Waals surface area contributed by atoms with Crippen LogP contribution in [-0.2, 0) is 11.3 Å². The Morgan fingerprint density at radius 3 is 2.41 bits per heavy atom. The highest BCUT2D eigenvalue weighted by Crippen LogP contribution is 2.47. The first kappa shape index (κ1) is 21.1. The third kappa shape index (κ3) is 4.20. The number of carbonyl (C=O) groups excluding carboxylic acids is 1. The maximum absolute atomic E-state index is 12.1. The van der Waals surface area contributed by atoms with Crippen LogP contribution in [0.4, 0.5) is 0 Å². The Labute approximate surface area is 165 Å². The number of nitrogens with one attached hydrogen (secondary N) is 2. The number of aliphatic hydroxyl groups excluding tert-OH is 1. The first-order valence-corrected chi connectivity index (χ1v) is 8.92. The summed E-state index contributed by atoms with van der Waals surface area (Å²) < 4.78 is 21.8. The van der Waals surface area contributed by atoms with Crippen molar-refractivity contribution in [3.8, 4) is 28.4 Å². The van der Waals surface area contributed by atoms with E-state index in [1.54, 1.807) is 13.2 Å². The summed E-state index contributed by atoms with van der Waals surface area (Å²) in [5.41, 5.74) is 2.43. The number of methoxy groups -OCH3 is 4. The lowest BCUT2D eigenvalue weighted by atomic mass is 10.0. The molecule has 0 saturated carbocycles. The second-order valence-corrected chi connectivity index (χ2v) is 6.23. The van der Waals surface area contributed by atoms with E-state index in [2.05, 4.69) is 26.2 Å². The van der Waals surface area contributed by atoms with Crippen molar-refractivity contribution >= 4 is 21.9 Å². The molecule has 2 rings (SSSR count). The zero-order chi connectivity index (χ0) is 20.0. The predicted molar refractivity (Wildman–Crippen MR) is 104 cm³/mol. The zero-order valence-corrected chi connectivity index (χ0v) is 17.2. The number of aromatic nitrogens is 1. The van der Waals surface area contributed by atoms with Crippen molar-refractivity contribution in [2.75, 3.05) is 41.6 Å². The van der Waals surface area contributed by atoms with Crippen LogP contribution in [0.5, 0.6) is 17.2 Å². The molecule has 0 spiro atoms. The van der Waals surface area contributed by atoms with Crippen molar-refractivity contribution in [2.24, 2.45) is 0 Å². The molecule has 0 radical (unpaired) electrons. The van der Waals surface area contributed by atoms with Crippen molar-refractivity contribution < 1.29 is 28.8 Å². The van der Waals surface area contributed by atoms with Gasteiger partial charge >= 0.3 is 5.97 Å². The summed E-state index contributed by atoms with van der Waals surface area (Å²) in [5.74, 6) is 0.935. The van der Waals surface area contributed by atoms with Gasteiger partial charge in [0.25, 0.3) is 0 Å². The van der Waals surface area contributed by atoms with Gasteiger partial charge in [-0.2, -0.15) is 0 Å². The molecule has 0 saturated heterocycles. The Hall–Kier alpha value is -2.23. The summed E-state index contributed by atoms with van der Waals surface area (Å²) in [4.78, 5) is 15.2. The lowest BCUT2D eigenvalue weighted by molar-refractivity contribution is 0.0593. The Bertz CT molecular complexity index is 806. The zero-order valence-electron chi connectivity index (χ0n) is 15.6. The number of hydrogen-bond acceptors (Lipinski definition) is 7. The van der Waals surface area contributed by atoms with Gasteiger partial charge in [0, 0.05) is 29.9 Å². The molecule has 0 bridgehead atoms. The molecule has 0 aliphatic carbocycles. The molecule has 2 aromatic rings. The van der Waals surface area contributed by atoms with Crippen LogP contribution in [0.25, 0.3) is 11.1 Å². The van der Waals surface area contributed by atoms with E-state index in [-0.39, 0.29) is 12.3 Å². The van der Waals surface area contributed by atoms with Gasteiger partial charge in [-0.3, -0.25) is 0 Å². The van der Waals surface area contributed by atoms with E-state index in [0.29, 0.717) is 40.4 Å². The minimum absolute atomic E-state index is 0.000744. The van der Waals surface area contributed by atoms with Gasteiger partial charge < -0.3 is 34.4 Å². The molecular formula is C18H23BrN2O6. The summed E-state index contributed by atoms with van der Waals surface area (Å²) in [6.45, 7) is 0.802. The average molecular weight is 443 g/mol. The number of hydrogen-bond donors (Lipinski definition) is 3. The van der Waals surface area contributed by atoms with Crippen molar-refractivity contribution in [1.29, 1.82) is 0 Å². The van der Waals surface area contributed by atoms with Crippen molar-refractivity contribution in [2.45, 2.75) is 6.54 Å². The van der Waals surface area contributed by atoms with Gasteiger partial charge in [-0.15, -0.1) is 0 Å². The lowest BCUT2D eigenvalue weighted by Crippen LogP contribution is -2.18. The molecule has 1 aromatic heterocycles. The van der Waals surface area contributed by atoms with E-state index in [1.165, 1.54) is 21.3 Å². The smallest absolute Gasteiger partial charge is 0.355 e. The van der Waals surface area contributed by atoms with Crippen LogP contribution in [0.2, 0.25) is 0 Å². The van der Waals surface area contributed by atoms with Crippen LogP contribution in [0, 0.1) is 0 Å². The molecule has 0 atom stereocenters. The highest BCUT2D eigenvalue weighted by atomic mass is 79.9. The summed E-state index contributed by atoms with van der Waals surface area (Å²) in [7, 11) is 5.92. The van der Waals surface area contributed by atoms with Gasteiger partial charge in [0.05, 0.1) is 39.5 Å². The van der Waals surface area contributed by atoms with Crippen LogP contribution in [0.1, 0.15) is 16.2 Å². The molecule has 1 aromatic carbocycles. The molecule has 0 fully saturated rings. The second kappa shape index (κ2) is 9.63. The van der Waals surface area contributed by atoms with E-state index in [1.807, 2.05) is 6.07 Å². The number of aliphatic hydroxyl groups is 1. The van der Waals surface area contributed by atoms with E-state index in [4.69, 9.17) is 24.1 Å². The Morgan fingerprint density at radius 2 is 1.85 bits per heavy atom. The largest absolute Gasteiger partial charge is 0.493 e. The molecule has 0 aliphatic heterocycles. The number of benzene rings is 1. The second-order valence-electron chi connectivity index (χ2n) is 5.44. The van der Waals surface area contributed by atoms with Crippen LogP contribution in [0.3, 0.4) is 0 Å². The number of esters is 1. The Kier molecular flexibility index (Phi) is 7.52. The van der Waals surface area contributed by atoms with E-state index < -0.39 is 5.97 Å². The molecule has 3 N–H and O–H groups in total. The number of carbonyl (C=O) groups is 1. The third-order valence-corrected chi connectivity index (χ3v) is 4.76. The van der Waals surface area contributed by atoms with Crippen LogP contribution < -0.4 is 19.5 Å². The molecule has 0 amide bonds. The molecule has 148 valence electrons. The number of halogens is 1. The minimum atomic E-state index is -0.504. The first-order chi connectivity index (χ1) is 13.0. The summed E-state index contributed by atoms with van der Waals surface area (Å²) >= 11 is 3.50. The number of H-pyrrole nitrogens is 1. The fourth-order valence-corrected chi connectivity index (χ4v) is 3.49. The van der Waals surface area contributed by atoms with Crippen LogP contribution in [0.15, 0.2) is 16.6 Å². The molecule has 27 heavy (non-hydrogen) atoms. The monoisotopic (exact) mass is 442 g/mol. The minimum Gasteiger partial charge on any atom is -0.493 e. The van der Waals surface area contributed by atoms with Gasteiger partial charge in [-0.25, -0.2) is 4.79 Å². The van der Waals surface area contributed by atoms with Crippen LogP contribution in [-0.4, -0.2) is 57.7 Å². The van der Waals surface area contributed by atoms with E-state index in [0.717, 1.165) is 11.3 Å². The maximum Gasteiger partial charge on any atom is 0.355 e. The van der Waals surface area contributed by atoms with Gasteiger partial charge in [0.15, 0.2) is 11.5 Å². The van der Waals surface area contributed by atoms with E-state index >= 15 is 0 Å². The lowest BCUT2D eigenvalue weighted by Gasteiger charge is -2.16. The molecular weight excluding hydrogens is 420 g/mol. The molecule has 0 aliphatic rings. The Morgan fingerprint density at radius 1 is 1.15 bits per heavy atom. The number of rotatable bonds is 9. The highest BCUT2D eigenvalue weighted by molar-refractivity contribution is 9.10. The topological polar surface area (TPSA) is 102 Å². The average Bonchev–Trinajstić information content (AvgIpc) is 3.02. The molecule has 1 heterocycles. The van der Waals surface area contributed by atoms with Crippen molar-refractivity contribution in [3.05, 3.63) is 28.0 Å². The SMILES string of the molecule is COC(=O)c1[nH]c(CNCCO)c(-c2ccc(OC)c(OC)c2OC)c1Br. The standard InChI is InChI=1S/C18H23BrN2O6/c1-24-12-6-5-10(16(25-2)17(12)26-3)13-11(9-20-7-8-22)21-15(14(13)19)18(23)27-4/h5-6,20-22H,7-9H2,1-4H3. The van der Waals surface area contributed by atoms with Gasteiger partial charge in [-0.1, -0.05) is 0 Å². The van der Waals surface area contributed by atoms with Gasteiger partial charge in [-0.05, 0) is 28.1 Å². The summed E-state index contributed by atoms with van der Waals surface area (Å²) in [6, 6.07) is 3.59. The van der Waals surface area contributed by atoms with Crippen LogP contribution >= 0.6 is 15.9 Å². The summed E-state index contributed by atoms with van der Waals surface area (Å²) in [5, 5.41) is 12.1. The van der Waals surface area contributed by atoms with Crippen molar-refractivity contribution in [1.82, 2.24) is 10.3 Å². The normalized spacial score (nSPS) is 10.6. The summed E-state index contributed by atoms with van der Waals surface area (Å²) in [6.07, 6.45) is 0. The van der Waals surface area contributed by atoms with Gasteiger partial charge in [0.1, 0.15) is 5.69 Å². The fraction of sp³-hybridized carbons (Fsp3) is 0.389. The fourth-order valence-electron chi connectivity index (χ4n) is 2.77. The van der Waals surface area contributed by atoms with E-state index in [9.17, 15) is 4.79 Å². The number of ether oxygens (including phenoxy) is 4. The number of aromatic amines is 1. The predicted octanol–water partition coefficient (Wildman–Crippen LogP) is 2.34. The molecule has 8 nitrogen and oxygen atoms in total. The Balaban J connectivity index is 2.68. The maximum atomic E-state index is 12.1. The quantitative estimate of drug-likeness (QED) is 0.404. The highest BCUT2D eigenvalue weighted by Gasteiger charge is 2.26. The van der Waals surface area contributed by atoms with Gasteiger partial charge in [0.2, 0.25) is 5.75 Å².